The van der Waals surface area contributed by atoms with Gasteiger partial charge in [-0.3, -0.25) is 4.40 Å². The molecule has 0 spiro atoms. The second-order valence-electron chi connectivity index (χ2n) is 5.17. The van der Waals surface area contributed by atoms with Crippen LogP contribution in [0, 0.1) is 13.8 Å². The Bertz CT molecular complexity index is 944. The van der Waals surface area contributed by atoms with Gasteiger partial charge in [-0.2, -0.15) is 0 Å². The molecule has 0 unspecified atom stereocenters. The molecule has 2 N–H and O–H groups in total. The summed E-state index contributed by atoms with van der Waals surface area (Å²) in [6.07, 6.45) is 1.67. The minimum absolute atomic E-state index is 0.0266. The summed E-state index contributed by atoms with van der Waals surface area (Å²) in [6.45, 7) is 3.69. The smallest absolute Gasteiger partial charge is 0.358 e. The summed E-state index contributed by atoms with van der Waals surface area (Å²) in [6, 6.07) is 8.53. The number of carbonyl (C=O) groups is 1. The van der Waals surface area contributed by atoms with E-state index >= 15 is 0 Å². The van der Waals surface area contributed by atoms with Crippen LogP contribution in [-0.2, 0) is 0 Å². The van der Waals surface area contributed by atoms with Crippen LogP contribution >= 0.6 is 0 Å². The molecule has 0 atom stereocenters. The van der Waals surface area contributed by atoms with Crippen molar-refractivity contribution in [1.82, 2.24) is 9.38 Å². The van der Waals surface area contributed by atoms with E-state index in [1.165, 1.54) is 6.07 Å². The van der Waals surface area contributed by atoms with Crippen molar-refractivity contribution in [3.8, 4) is 5.75 Å². The zero-order chi connectivity index (χ0) is 16.6. The Morgan fingerprint density at radius 3 is 2.74 bits per heavy atom. The Labute approximate surface area is 131 Å². The molecule has 116 valence electrons. The third-order valence-corrected chi connectivity index (χ3v) is 3.41. The van der Waals surface area contributed by atoms with Gasteiger partial charge in [-0.15, -0.1) is 10.2 Å². The summed E-state index contributed by atoms with van der Waals surface area (Å²) in [5.74, 6) is -1.10. The molecule has 2 heterocycles. The van der Waals surface area contributed by atoms with Gasteiger partial charge >= 0.3 is 5.97 Å². The predicted molar refractivity (Wildman–Crippen MR) is 83.9 cm³/mol. The molecule has 0 saturated carbocycles. The lowest BCUT2D eigenvalue weighted by Gasteiger charge is -2.00. The number of aromatic nitrogens is 2. The highest BCUT2D eigenvalue weighted by atomic mass is 16.4. The fraction of sp³-hybridized carbons (Fsp3) is 0.125. The maximum Gasteiger partial charge on any atom is 0.358 e. The van der Waals surface area contributed by atoms with E-state index in [0.29, 0.717) is 5.65 Å². The zero-order valence-electron chi connectivity index (χ0n) is 12.6. The van der Waals surface area contributed by atoms with Gasteiger partial charge in [-0.05, 0) is 43.2 Å². The lowest BCUT2D eigenvalue weighted by Crippen LogP contribution is -1.96. The third-order valence-electron chi connectivity index (χ3n) is 3.41. The molecule has 0 aliphatic carbocycles. The number of carboxylic acids is 1. The molecule has 0 saturated heterocycles. The van der Waals surface area contributed by atoms with Crippen molar-refractivity contribution in [3.05, 3.63) is 53.3 Å². The normalized spacial score (nSPS) is 11.4. The van der Waals surface area contributed by atoms with Crippen LogP contribution in [-0.4, -0.2) is 25.6 Å². The average molecular weight is 310 g/mol. The number of carboxylic acid groups (broad SMARTS) is 1. The van der Waals surface area contributed by atoms with Crippen molar-refractivity contribution < 1.29 is 15.0 Å². The lowest BCUT2D eigenvalue weighted by atomic mass is 10.2. The number of hydrogen-bond donors (Lipinski definition) is 2. The van der Waals surface area contributed by atoms with Crippen LogP contribution in [0.5, 0.6) is 5.75 Å². The highest BCUT2D eigenvalue weighted by molar-refractivity contribution is 5.92. The number of azo groups is 1. The van der Waals surface area contributed by atoms with Crippen molar-refractivity contribution in [2.45, 2.75) is 13.8 Å². The van der Waals surface area contributed by atoms with Gasteiger partial charge in [0.15, 0.2) is 11.5 Å². The molecule has 7 nitrogen and oxygen atoms in total. The first-order valence-electron chi connectivity index (χ1n) is 6.89. The van der Waals surface area contributed by atoms with Gasteiger partial charge in [-0.25, -0.2) is 9.78 Å². The van der Waals surface area contributed by atoms with Gasteiger partial charge in [0.1, 0.15) is 17.1 Å². The number of aromatic carboxylic acids is 1. The Hall–Kier alpha value is -3.22. The Morgan fingerprint density at radius 2 is 2.00 bits per heavy atom. The summed E-state index contributed by atoms with van der Waals surface area (Å²) in [5.41, 5.74) is 2.32. The maximum atomic E-state index is 11.4. The first kappa shape index (κ1) is 14.7. The molecule has 0 radical (unpaired) electrons. The largest absolute Gasteiger partial charge is 0.506 e. The Balaban J connectivity index is 2.17. The number of pyridine rings is 1. The standard InChI is InChI=1S/C16H14N4O3/c1-9-5-6-12(21)11(8-9)18-19-15-13(16(22)23)17-14-10(2)4-3-7-20(14)15/h3-8,21H,1-2H3,(H,22,23). The van der Waals surface area contributed by atoms with Crippen molar-refractivity contribution in [1.29, 1.82) is 0 Å². The average Bonchev–Trinajstić information content (AvgIpc) is 2.89. The summed E-state index contributed by atoms with van der Waals surface area (Å²) >= 11 is 0. The van der Waals surface area contributed by atoms with Crippen LogP contribution in [0.1, 0.15) is 21.6 Å². The van der Waals surface area contributed by atoms with Crippen LogP contribution in [0.2, 0.25) is 0 Å². The highest BCUT2D eigenvalue weighted by Gasteiger charge is 2.19. The second kappa shape index (κ2) is 5.53. The van der Waals surface area contributed by atoms with Crippen molar-refractivity contribution in [2.24, 2.45) is 10.2 Å². The molecule has 2 aromatic heterocycles. The molecule has 0 aliphatic heterocycles. The minimum atomic E-state index is -1.18. The van der Waals surface area contributed by atoms with Gasteiger partial charge in [-0.1, -0.05) is 12.1 Å². The maximum absolute atomic E-state index is 11.4. The first-order valence-corrected chi connectivity index (χ1v) is 6.89. The van der Waals surface area contributed by atoms with Crippen LogP contribution < -0.4 is 0 Å². The number of rotatable bonds is 3. The molecule has 3 aromatic rings. The van der Waals surface area contributed by atoms with E-state index in [9.17, 15) is 15.0 Å². The van der Waals surface area contributed by atoms with Crippen molar-refractivity contribution >= 4 is 23.1 Å². The molecule has 0 bridgehead atoms. The van der Waals surface area contributed by atoms with E-state index < -0.39 is 5.97 Å². The number of phenols is 1. The summed E-state index contributed by atoms with van der Waals surface area (Å²) in [7, 11) is 0. The Kier molecular flexibility index (Phi) is 3.53. The van der Waals surface area contributed by atoms with Crippen LogP contribution in [0.4, 0.5) is 11.5 Å². The molecular weight excluding hydrogens is 296 g/mol. The van der Waals surface area contributed by atoms with E-state index in [0.717, 1.165) is 11.1 Å². The molecule has 0 fully saturated rings. The fourth-order valence-corrected chi connectivity index (χ4v) is 2.25. The van der Waals surface area contributed by atoms with Gasteiger partial charge in [0.2, 0.25) is 0 Å². The number of imidazole rings is 1. The molecule has 1 aromatic carbocycles. The quantitative estimate of drug-likeness (QED) is 0.719. The lowest BCUT2D eigenvalue weighted by molar-refractivity contribution is 0.0692. The van der Waals surface area contributed by atoms with Crippen LogP contribution in [0.15, 0.2) is 46.8 Å². The summed E-state index contributed by atoms with van der Waals surface area (Å²) in [5, 5.41) is 27.1. The number of aryl methyl sites for hydroxylation is 2. The molecule has 7 heteroatoms. The van der Waals surface area contributed by atoms with Gasteiger partial charge in [0.05, 0.1) is 0 Å². The topological polar surface area (TPSA) is 99.5 Å². The minimum Gasteiger partial charge on any atom is -0.506 e. The zero-order valence-corrected chi connectivity index (χ0v) is 12.6. The second-order valence-corrected chi connectivity index (χ2v) is 5.17. The van der Waals surface area contributed by atoms with Crippen molar-refractivity contribution in [2.75, 3.05) is 0 Å². The van der Waals surface area contributed by atoms with E-state index in [4.69, 9.17) is 0 Å². The van der Waals surface area contributed by atoms with E-state index in [1.54, 1.807) is 28.8 Å². The Morgan fingerprint density at radius 1 is 1.22 bits per heavy atom. The van der Waals surface area contributed by atoms with E-state index in [1.807, 2.05) is 19.9 Å². The third kappa shape index (κ3) is 2.64. The molecule has 23 heavy (non-hydrogen) atoms. The molecule has 3 rings (SSSR count). The SMILES string of the molecule is Cc1ccc(O)c(N=Nc2c(C(=O)O)nc3c(C)cccn23)c1. The number of aromatic hydroxyl groups is 1. The van der Waals surface area contributed by atoms with E-state index in [-0.39, 0.29) is 22.9 Å². The fourth-order valence-electron chi connectivity index (χ4n) is 2.25. The number of hydrogen-bond acceptors (Lipinski definition) is 5. The number of benzene rings is 1. The van der Waals surface area contributed by atoms with Gasteiger partial charge in [0, 0.05) is 6.20 Å². The molecular formula is C16H14N4O3. The van der Waals surface area contributed by atoms with Crippen LogP contribution in [0.25, 0.3) is 5.65 Å². The highest BCUT2D eigenvalue weighted by Crippen LogP contribution is 2.30. The monoisotopic (exact) mass is 310 g/mol. The number of phenolic OH excluding ortho intramolecular Hbond substituents is 1. The van der Waals surface area contributed by atoms with Crippen LogP contribution in [0.3, 0.4) is 0 Å². The van der Waals surface area contributed by atoms with Gasteiger partial charge < -0.3 is 10.2 Å². The first-order chi connectivity index (χ1) is 11.0. The van der Waals surface area contributed by atoms with Crippen molar-refractivity contribution in [3.63, 3.8) is 0 Å². The van der Waals surface area contributed by atoms with E-state index in [2.05, 4.69) is 15.2 Å². The predicted octanol–water partition coefficient (Wildman–Crippen LogP) is 3.77. The molecule has 0 amide bonds. The summed E-state index contributed by atoms with van der Waals surface area (Å²) < 4.78 is 1.56. The van der Waals surface area contributed by atoms with Gasteiger partial charge in [0.25, 0.3) is 0 Å². The molecule has 0 aliphatic rings. The summed E-state index contributed by atoms with van der Waals surface area (Å²) in [4.78, 5) is 15.5. The number of nitrogens with zero attached hydrogens (tertiary/aromatic N) is 4. The number of fused-ring (bicyclic) bond motifs is 1.